The number of carboxylic acids is 2. The molecule has 5 rings (SSSR count). The van der Waals surface area contributed by atoms with E-state index in [1.807, 2.05) is 54.6 Å². The zero-order valence-corrected chi connectivity index (χ0v) is 21.6. The zero-order valence-electron chi connectivity index (χ0n) is 21.6. The van der Waals surface area contributed by atoms with Gasteiger partial charge >= 0.3 is 18.1 Å². The Bertz CT molecular complexity index is 1570. The van der Waals surface area contributed by atoms with Crippen molar-refractivity contribution < 1.29 is 33.0 Å². The Morgan fingerprint density at radius 2 is 1.32 bits per heavy atom. The summed E-state index contributed by atoms with van der Waals surface area (Å²) in [5.41, 5.74) is 5.29. The monoisotopic (exact) mass is 561 g/mol. The Morgan fingerprint density at radius 1 is 0.805 bits per heavy atom. The van der Waals surface area contributed by atoms with Gasteiger partial charge in [0.05, 0.1) is 22.6 Å². The first-order valence-electron chi connectivity index (χ1n) is 12.6. The molecule has 0 fully saturated rings. The van der Waals surface area contributed by atoms with E-state index in [4.69, 9.17) is 14.9 Å². The SMILES string of the molecule is O=C(O)C(F)(F)F.O=C(O)c1ccc2nc(NC(c3ccccc3)c3ccccc3)n(CCc3ccccc3)c2c1. The highest BCUT2D eigenvalue weighted by Crippen LogP contribution is 2.29. The predicted octanol–water partition coefficient (Wildman–Crippen LogP) is 6.81. The lowest BCUT2D eigenvalue weighted by atomic mass is 9.99. The van der Waals surface area contributed by atoms with Crippen LogP contribution in [0.3, 0.4) is 0 Å². The molecule has 41 heavy (non-hydrogen) atoms. The van der Waals surface area contributed by atoms with Crippen molar-refractivity contribution in [2.75, 3.05) is 5.32 Å². The van der Waals surface area contributed by atoms with Gasteiger partial charge in [0.15, 0.2) is 0 Å². The summed E-state index contributed by atoms with van der Waals surface area (Å²) in [6, 6.07) is 35.8. The normalized spacial score (nSPS) is 11.1. The van der Waals surface area contributed by atoms with Crippen LogP contribution in [0.15, 0.2) is 109 Å². The van der Waals surface area contributed by atoms with Gasteiger partial charge in [0.2, 0.25) is 5.95 Å². The van der Waals surface area contributed by atoms with E-state index < -0.39 is 18.1 Å². The Morgan fingerprint density at radius 3 is 1.80 bits per heavy atom. The van der Waals surface area contributed by atoms with Crippen molar-refractivity contribution >= 4 is 28.9 Å². The average molecular weight is 562 g/mol. The van der Waals surface area contributed by atoms with E-state index >= 15 is 0 Å². The van der Waals surface area contributed by atoms with Gasteiger partial charge in [-0.1, -0.05) is 91.0 Å². The van der Waals surface area contributed by atoms with Gasteiger partial charge in [0, 0.05) is 6.54 Å². The van der Waals surface area contributed by atoms with Gasteiger partial charge in [-0.2, -0.15) is 13.2 Å². The summed E-state index contributed by atoms with van der Waals surface area (Å²) in [6.45, 7) is 0.669. The van der Waals surface area contributed by atoms with Crippen molar-refractivity contribution in [3.8, 4) is 0 Å². The van der Waals surface area contributed by atoms with Crippen molar-refractivity contribution in [2.24, 2.45) is 0 Å². The van der Waals surface area contributed by atoms with Crippen LogP contribution in [0.4, 0.5) is 19.1 Å². The fourth-order valence-electron chi connectivity index (χ4n) is 4.26. The minimum absolute atomic E-state index is 0.103. The zero-order chi connectivity index (χ0) is 29.4. The standard InChI is InChI=1S/C29H25N3O2.C2HF3O2/c33-28(34)24-16-17-25-26(20-24)32(19-18-21-10-4-1-5-11-21)29(30-25)31-27(22-12-6-2-7-13-22)23-14-8-3-9-15-23;3-2(4,5)1(6)7/h1-17,20,27H,18-19H2,(H,30,31)(H,33,34);(H,6,7). The molecule has 0 saturated heterocycles. The van der Waals surface area contributed by atoms with Crippen molar-refractivity contribution in [3.63, 3.8) is 0 Å². The topological polar surface area (TPSA) is 104 Å². The van der Waals surface area contributed by atoms with Crippen LogP contribution in [0.1, 0.15) is 33.1 Å². The number of alkyl halides is 3. The van der Waals surface area contributed by atoms with Gasteiger partial charge in [-0.3, -0.25) is 0 Å². The molecule has 0 amide bonds. The van der Waals surface area contributed by atoms with Crippen LogP contribution in [-0.2, 0) is 17.8 Å². The third kappa shape index (κ3) is 7.51. The smallest absolute Gasteiger partial charge is 0.478 e. The highest BCUT2D eigenvalue weighted by molar-refractivity contribution is 5.93. The number of aromatic nitrogens is 2. The number of carboxylic acid groups (broad SMARTS) is 2. The summed E-state index contributed by atoms with van der Waals surface area (Å²) in [6.07, 6.45) is -4.28. The minimum atomic E-state index is -5.08. The summed E-state index contributed by atoms with van der Waals surface area (Å²) in [5, 5.41) is 20.3. The number of fused-ring (bicyclic) bond motifs is 1. The first-order valence-corrected chi connectivity index (χ1v) is 12.6. The van der Waals surface area contributed by atoms with Crippen LogP contribution in [0.2, 0.25) is 0 Å². The molecule has 10 heteroatoms. The maximum absolute atomic E-state index is 11.6. The van der Waals surface area contributed by atoms with Gasteiger partial charge in [0.1, 0.15) is 0 Å². The van der Waals surface area contributed by atoms with Crippen LogP contribution in [-0.4, -0.2) is 37.9 Å². The fraction of sp³-hybridized carbons (Fsp3) is 0.129. The van der Waals surface area contributed by atoms with Crippen LogP contribution in [0.5, 0.6) is 0 Å². The van der Waals surface area contributed by atoms with E-state index in [0.29, 0.717) is 12.5 Å². The molecule has 1 aromatic heterocycles. The number of aromatic carboxylic acids is 1. The molecule has 3 N–H and O–H groups in total. The maximum atomic E-state index is 11.6. The van der Waals surface area contributed by atoms with E-state index in [9.17, 15) is 23.1 Å². The largest absolute Gasteiger partial charge is 0.490 e. The molecule has 0 aliphatic carbocycles. The Labute approximate surface area is 233 Å². The quantitative estimate of drug-likeness (QED) is 0.192. The molecule has 0 radical (unpaired) electrons. The Balaban J connectivity index is 0.000000493. The van der Waals surface area contributed by atoms with Crippen molar-refractivity contribution in [3.05, 3.63) is 131 Å². The van der Waals surface area contributed by atoms with E-state index in [1.165, 1.54) is 5.56 Å². The second kappa shape index (κ2) is 12.8. The number of carbonyl (C=O) groups is 2. The first kappa shape index (κ1) is 28.9. The van der Waals surface area contributed by atoms with Gasteiger partial charge in [-0.25, -0.2) is 14.6 Å². The van der Waals surface area contributed by atoms with Crippen LogP contribution in [0, 0.1) is 0 Å². The fourth-order valence-corrected chi connectivity index (χ4v) is 4.26. The molecular formula is C31H26F3N3O4. The van der Waals surface area contributed by atoms with Crippen LogP contribution in [0.25, 0.3) is 11.0 Å². The highest BCUT2D eigenvalue weighted by atomic mass is 19.4. The third-order valence-electron chi connectivity index (χ3n) is 6.24. The number of imidazole rings is 1. The van der Waals surface area contributed by atoms with Gasteiger partial charge < -0.3 is 20.1 Å². The van der Waals surface area contributed by atoms with E-state index in [2.05, 4.69) is 46.3 Å². The van der Waals surface area contributed by atoms with E-state index in [-0.39, 0.29) is 11.6 Å². The average Bonchev–Trinajstić information content (AvgIpc) is 3.32. The highest BCUT2D eigenvalue weighted by Gasteiger charge is 2.38. The molecule has 7 nitrogen and oxygen atoms in total. The Hall–Kier alpha value is -5.12. The lowest BCUT2D eigenvalue weighted by molar-refractivity contribution is -0.192. The lowest BCUT2D eigenvalue weighted by Crippen LogP contribution is -2.21. The van der Waals surface area contributed by atoms with Crippen LogP contribution >= 0.6 is 0 Å². The number of hydrogen-bond acceptors (Lipinski definition) is 4. The second-order valence-corrected chi connectivity index (χ2v) is 9.03. The predicted molar refractivity (Wildman–Crippen MR) is 149 cm³/mol. The number of halogens is 3. The van der Waals surface area contributed by atoms with Gasteiger partial charge in [-0.05, 0) is 41.3 Å². The molecule has 210 valence electrons. The molecule has 4 aromatic carbocycles. The summed E-state index contributed by atoms with van der Waals surface area (Å²) in [7, 11) is 0. The summed E-state index contributed by atoms with van der Waals surface area (Å²) in [4.78, 5) is 25.4. The summed E-state index contributed by atoms with van der Waals surface area (Å²) in [5.74, 6) is -2.99. The second-order valence-electron chi connectivity index (χ2n) is 9.03. The first-order chi connectivity index (χ1) is 19.6. The van der Waals surface area contributed by atoms with E-state index in [0.717, 1.165) is 28.6 Å². The molecule has 5 aromatic rings. The molecule has 0 aliphatic heterocycles. The molecule has 0 saturated carbocycles. The number of anilines is 1. The molecular weight excluding hydrogens is 535 g/mol. The number of nitrogens with one attached hydrogen (secondary N) is 1. The number of benzene rings is 4. The van der Waals surface area contributed by atoms with Gasteiger partial charge in [0.25, 0.3) is 0 Å². The van der Waals surface area contributed by atoms with Crippen molar-refractivity contribution in [2.45, 2.75) is 25.2 Å². The molecule has 0 aliphatic rings. The summed E-state index contributed by atoms with van der Waals surface area (Å²) < 4.78 is 33.8. The molecule has 1 heterocycles. The van der Waals surface area contributed by atoms with Crippen LogP contribution < -0.4 is 5.32 Å². The van der Waals surface area contributed by atoms with Crippen molar-refractivity contribution in [1.29, 1.82) is 0 Å². The third-order valence-corrected chi connectivity index (χ3v) is 6.24. The number of hydrogen-bond donors (Lipinski definition) is 3. The molecule has 0 spiro atoms. The number of aliphatic carboxylic acids is 1. The molecule has 0 unspecified atom stereocenters. The maximum Gasteiger partial charge on any atom is 0.490 e. The number of rotatable bonds is 8. The number of nitrogens with zero attached hydrogens (tertiary/aromatic N) is 2. The number of aryl methyl sites for hydroxylation is 2. The molecule has 0 atom stereocenters. The Kier molecular flexibility index (Phi) is 9.03. The lowest BCUT2D eigenvalue weighted by Gasteiger charge is -2.21. The van der Waals surface area contributed by atoms with Crippen molar-refractivity contribution in [1.82, 2.24) is 9.55 Å². The van der Waals surface area contributed by atoms with E-state index in [1.54, 1.807) is 18.2 Å². The van der Waals surface area contributed by atoms with Gasteiger partial charge in [-0.15, -0.1) is 0 Å². The summed E-state index contributed by atoms with van der Waals surface area (Å²) >= 11 is 0. The molecule has 0 bridgehead atoms. The minimum Gasteiger partial charge on any atom is -0.478 e.